The molecule has 0 amide bonds. The number of rotatable bonds is 3. The quantitative estimate of drug-likeness (QED) is 0.753. The predicted molar refractivity (Wildman–Crippen MR) is 79.3 cm³/mol. The maximum Gasteiger partial charge on any atom is 0.416 e. The lowest BCUT2D eigenvalue weighted by Gasteiger charge is -2.06. The van der Waals surface area contributed by atoms with Crippen molar-refractivity contribution in [2.45, 2.75) is 6.18 Å². The molecule has 0 atom stereocenters. The Morgan fingerprint density at radius 2 is 1.67 bits per heavy atom. The van der Waals surface area contributed by atoms with Gasteiger partial charge in [-0.25, -0.2) is 9.78 Å². The third-order valence-corrected chi connectivity index (χ3v) is 3.30. The van der Waals surface area contributed by atoms with Gasteiger partial charge >= 0.3 is 12.1 Å². The number of alkyl halides is 3. The first-order valence-electron chi connectivity index (χ1n) is 6.83. The van der Waals surface area contributed by atoms with Crippen LogP contribution in [0.15, 0.2) is 59.0 Å². The summed E-state index contributed by atoms with van der Waals surface area (Å²) in [5, 5.41) is 9.27. The fourth-order valence-electron chi connectivity index (χ4n) is 2.20. The van der Waals surface area contributed by atoms with Crippen molar-refractivity contribution in [1.29, 1.82) is 0 Å². The minimum absolute atomic E-state index is 0.00416. The van der Waals surface area contributed by atoms with Crippen LogP contribution in [0.25, 0.3) is 22.8 Å². The Hall–Kier alpha value is -3.09. The summed E-state index contributed by atoms with van der Waals surface area (Å²) >= 11 is 0. The first kappa shape index (κ1) is 15.8. The normalized spacial score (nSPS) is 11.5. The highest BCUT2D eigenvalue weighted by Gasteiger charge is 2.31. The van der Waals surface area contributed by atoms with Crippen molar-refractivity contribution in [3.05, 3.63) is 65.9 Å². The second-order valence-corrected chi connectivity index (χ2v) is 4.95. The molecular weight excluding hydrogens is 323 g/mol. The van der Waals surface area contributed by atoms with Crippen molar-refractivity contribution in [2.75, 3.05) is 0 Å². The molecule has 0 aliphatic carbocycles. The maximum absolute atomic E-state index is 12.8. The van der Waals surface area contributed by atoms with E-state index in [4.69, 9.17) is 4.42 Å². The molecule has 3 rings (SSSR count). The van der Waals surface area contributed by atoms with Crippen LogP contribution in [0.5, 0.6) is 0 Å². The molecule has 1 heterocycles. The van der Waals surface area contributed by atoms with Crippen LogP contribution in [0.4, 0.5) is 13.2 Å². The molecule has 24 heavy (non-hydrogen) atoms. The first-order chi connectivity index (χ1) is 11.4. The number of nitrogens with zero attached hydrogens (tertiary/aromatic N) is 1. The SMILES string of the molecule is O=C(O)c1nc(-c2cccc(C(F)(F)F)c2)oc1-c1ccccc1. The minimum atomic E-state index is -4.51. The summed E-state index contributed by atoms with van der Waals surface area (Å²) in [4.78, 5) is 15.2. The monoisotopic (exact) mass is 333 g/mol. The van der Waals surface area contributed by atoms with Gasteiger partial charge in [-0.05, 0) is 18.2 Å². The molecule has 122 valence electrons. The molecule has 1 aromatic heterocycles. The molecule has 7 heteroatoms. The highest BCUT2D eigenvalue weighted by molar-refractivity contribution is 5.93. The van der Waals surface area contributed by atoms with E-state index in [2.05, 4.69) is 4.98 Å². The number of benzene rings is 2. The number of halogens is 3. The van der Waals surface area contributed by atoms with E-state index < -0.39 is 17.7 Å². The molecule has 0 aliphatic heterocycles. The Labute approximate surface area is 134 Å². The fourth-order valence-corrected chi connectivity index (χ4v) is 2.20. The third-order valence-electron chi connectivity index (χ3n) is 3.30. The van der Waals surface area contributed by atoms with Gasteiger partial charge in [0.2, 0.25) is 5.89 Å². The van der Waals surface area contributed by atoms with E-state index in [1.807, 2.05) is 0 Å². The second kappa shape index (κ2) is 5.84. The lowest BCUT2D eigenvalue weighted by Crippen LogP contribution is -2.04. The molecule has 0 aliphatic rings. The molecule has 2 aromatic carbocycles. The zero-order valence-corrected chi connectivity index (χ0v) is 12.0. The van der Waals surface area contributed by atoms with Crippen molar-refractivity contribution in [2.24, 2.45) is 0 Å². The maximum atomic E-state index is 12.8. The summed E-state index contributed by atoms with van der Waals surface area (Å²) < 4.78 is 43.9. The van der Waals surface area contributed by atoms with Crippen molar-refractivity contribution < 1.29 is 27.5 Å². The Morgan fingerprint density at radius 1 is 1.00 bits per heavy atom. The zero-order chi connectivity index (χ0) is 17.3. The van der Waals surface area contributed by atoms with E-state index in [0.717, 1.165) is 12.1 Å². The summed E-state index contributed by atoms with van der Waals surface area (Å²) in [5.41, 5.74) is -0.694. The van der Waals surface area contributed by atoms with Crippen LogP contribution in [-0.2, 0) is 6.18 Å². The van der Waals surface area contributed by atoms with Crippen LogP contribution >= 0.6 is 0 Å². The van der Waals surface area contributed by atoms with Crippen molar-refractivity contribution in [3.63, 3.8) is 0 Å². The van der Waals surface area contributed by atoms with E-state index in [1.165, 1.54) is 12.1 Å². The highest BCUT2D eigenvalue weighted by atomic mass is 19.4. The van der Waals surface area contributed by atoms with Gasteiger partial charge in [-0.3, -0.25) is 0 Å². The van der Waals surface area contributed by atoms with Crippen LogP contribution in [0.1, 0.15) is 16.1 Å². The summed E-state index contributed by atoms with van der Waals surface area (Å²) in [5.74, 6) is -1.51. The van der Waals surface area contributed by atoms with Crippen LogP contribution in [0, 0.1) is 0 Å². The van der Waals surface area contributed by atoms with Gasteiger partial charge in [-0.1, -0.05) is 36.4 Å². The summed E-state index contributed by atoms with van der Waals surface area (Å²) in [6.07, 6.45) is -4.51. The summed E-state index contributed by atoms with van der Waals surface area (Å²) in [7, 11) is 0. The molecule has 0 radical (unpaired) electrons. The van der Waals surface area contributed by atoms with Gasteiger partial charge in [0.15, 0.2) is 11.5 Å². The van der Waals surface area contributed by atoms with Crippen LogP contribution in [0.2, 0.25) is 0 Å². The molecule has 0 fully saturated rings. The van der Waals surface area contributed by atoms with Gasteiger partial charge in [0, 0.05) is 11.1 Å². The number of aromatic nitrogens is 1. The summed E-state index contributed by atoms with van der Waals surface area (Å²) in [6.45, 7) is 0. The van der Waals surface area contributed by atoms with Crippen molar-refractivity contribution in [1.82, 2.24) is 4.98 Å². The van der Waals surface area contributed by atoms with E-state index in [0.29, 0.717) is 5.56 Å². The van der Waals surface area contributed by atoms with E-state index in [1.54, 1.807) is 30.3 Å². The van der Waals surface area contributed by atoms with E-state index in [9.17, 15) is 23.1 Å². The van der Waals surface area contributed by atoms with Crippen LogP contribution in [-0.4, -0.2) is 16.1 Å². The van der Waals surface area contributed by atoms with Gasteiger partial charge in [0.1, 0.15) is 0 Å². The second-order valence-electron chi connectivity index (χ2n) is 4.95. The average molecular weight is 333 g/mol. The smallest absolute Gasteiger partial charge is 0.416 e. The first-order valence-corrected chi connectivity index (χ1v) is 6.83. The largest absolute Gasteiger partial charge is 0.476 e. The standard InChI is InChI=1S/C17H10F3NO3/c18-17(19,20)12-8-4-7-11(9-12)15-21-13(16(22)23)14(24-15)10-5-2-1-3-6-10/h1-9H,(H,22,23). The number of carboxylic acids is 1. The molecule has 0 saturated carbocycles. The van der Waals surface area contributed by atoms with E-state index >= 15 is 0 Å². The third kappa shape index (κ3) is 3.01. The average Bonchev–Trinajstić information content (AvgIpc) is 3.01. The van der Waals surface area contributed by atoms with Crippen molar-refractivity contribution >= 4 is 5.97 Å². The molecular formula is C17H10F3NO3. The number of carboxylic acid groups (broad SMARTS) is 1. The minimum Gasteiger partial charge on any atom is -0.476 e. The van der Waals surface area contributed by atoms with Crippen LogP contribution in [0.3, 0.4) is 0 Å². The predicted octanol–water partition coefficient (Wildman–Crippen LogP) is 4.73. The van der Waals surface area contributed by atoms with E-state index in [-0.39, 0.29) is 22.9 Å². The number of hydrogen-bond donors (Lipinski definition) is 1. The van der Waals surface area contributed by atoms with Gasteiger partial charge in [0.25, 0.3) is 0 Å². The van der Waals surface area contributed by atoms with Gasteiger partial charge < -0.3 is 9.52 Å². The Kier molecular flexibility index (Phi) is 3.84. The number of carbonyl (C=O) groups is 1. The summed E-state index contributed by atoms with van der Waals surface area (Å²) in [6, 6.07) is 12.8. The number of aromatic carboxylic acids is 1. The van der Waals surface area contributed by atoms with Gasteiger partial charge in [-0.2, -0.15) is 13.2 Å². The molecule has 3 aromatic rings. The van der Waals surface area contributed by atoms with Gasteiger partial charge in [0.05, 0.1) is 5.56 Å². The lowest BCUT2D eigenvalue weighted by molar-refractivity contribution is -0.137. The Balaban J connectivity index is 2.12. The molecule has 0 spiro atoms. The molecule has 0 saturated heterocycles. The Bertz CT molecular complexity index is 886. The topological polar surface area (TPSA) is 63.3 Å². The molecule has 0 bridgehead atoms. The fraction of sp³-hybridized carbons (Fsp3) is 0.0588. The van der Waals surface area contributed by atoms with Crippen LogP contribution < -0.4 is 0 Å². The molecule has 4 nitrogen and oxygen atoms in total. The number of hydrogen-bond acceptors (Lipinski definition) is 3. The van der Waals surface area contributed by atoms with Gasteiger partial charge in [-0.15, -0.1) is 0 Å². The lowest BCUT2D eigenvalue weighted by atomic mass is 10.1. The zero-order valence-electron chi connectivity index (χ0n) is 12.0. The molecule has 1 N–H and O–H groups in total. The molecule has 0 unspecified atom stereocenters. The van der Waals surface area contributed by atoms with Crippen molar-refractivity contribution in [3.8, 4) is 22.8 Å². The highest BCUT2D eigenvalue weighted by Crippen LogP contribution is 2.34. The Morgan fingerprint density at radius 3 is 2.29 bits per heavy atom. The number of oxazole rings is 1.